The maximum absolute atomic E-state index is 8.63. The van der Waals surface area contributed by atoms with Gasteiger partial charge in [-0.15, -0.1) is 0 Å². The van der Waals surface area contributed by atoms with Crippen LogP contribution in [0, 0.1) is 11.3 Å². The standard InChI is InChI=1S/C11H10N2/c12-7-5-11-10-4-2-1-3-9(10)6-8-13-11/h1-4,6,8,11,13H,5H2. The fourth-order valence-electron chi connectivity index (χ4n) is 1.58. The molecule has 1 aromatic carbocycles. The van der Waals surface area contributed by atoms with Gasteiger partial charge in [-0.3, -0.25) is 0 Å². The number of hydrogen-bond donors (Lipinski definition) is 1. The van der Waals surface area contributed by atoms with Gasteiger partial charge in [-0.2, -0.15) is 5.26 Å². The van der Waals surface area contributed by atoms with Crippen molar-refractivity contribution in [3.8, 4) is 6.07 Å². The van der Waals surface area contributed by atoms with E-state index in [1.54, 1.807) is 0 Å². The van der Waals surface area contributed by atoms with Crippen molar-refractivity contribution in [1.82, 2.24) is 5.32 Å². The van der Waals surface area contributed by atoms with E-state index in [1.807, 2.05) is 24.4 Å². The Kier molecular flexibility index (Phi) is 2.01. The molecule has 1 heterocycles. The first kappa shape index (κ1) is 7.88. The van der Waals surface area contributed by atoms with E-state index in [2.05, 4.69) is 23.5 Å². The molecule has 2 nitrogen and oxygen atoms in total. The summed E-state index contributed by atoms with van der Waals surface area (Å²) in [6.45, 7) is 0. The third-order valence-corrected chi connectivity index (χ3v) is 2.23. The Morgan fingerprint density at radius 3 is 3.08 bits per heavy atom. The fourth-order valence-corrected chi connectivity index (χ4v) is 1.58. The predicted molar refractivity (Wildman–Crippen MR) is 51.6 cm³/mol. The highest BCUT2D eigenvalue weighted by atomic mass is 14.9. The van der Waals surface area contributed by atoms with Crippen molar-refractivity contribution in [3.63, 3.8) is 0 Å². The van der Waals surface area contributed by atoms with Gasteiger partial charge in [-0.25, -0.2) is 0 Å². The summed E-state index contributed by atoms with van der Waals surface area (Å²) in [7, 11) is 0. The maximum Gasteiger partial charge on any atom is 0.0647 e. The number of nitrogens with zero attached hydrogens (tertiary/aromatic N) is 1. The molecule has 0 amide bonds. The first-order chi connectivity index (χ1) is 6.42. The monoisotopic (exact) mass is 170 g/mol. The molecule has 1 atom stereocenters. The van der Waals surface area contributed by atoms with E-state index in [9.17, 15) is 0 Å². The van der Waals surface area contributed by atoms with Crippen molar-refractivity contribution < 1.29 is 0 Å². The molecule has 0 fully saturated rings. The van der Waals surface area contributed by atoms with Gasteiger partial charge in [0.25, 0.3) is 0 Å². The molecule has 0 aliphatic carbocycles. The second-order valence-corrected chi connectivity index (χ2v) is 3.04. The molecule has 0 aromatic heterocycles. The first-order valence-corrected chi connectivity index (χ1v) is 4.30. The minimum Gasteiger partial charge on any atom is -0.383 e. The summed E-state index contributed by atoms with van der Waals surface area (Å²) in [6, 6.07) is 10.5. The van der Waals surface area contributed by atoms with Gasteiger partial charge in [0.05, 0.1) is 18.5 Å². The van der Waals surface area contributed by atoms with Crippen molar-refractivity contribution in [1.29, 1.82) is 5.26 Å². The van der Waals surface area contributed by atoms with Crippen LogP contribution in [-0.4, -0.2) is 0 Å². The molecule has 2 heteroatoms. The van der Waals surface area contributed by atoms with E-state index >= 15 is 0 Å². The molecule has 2 rings (SSSR count). The Labute approximate surface area is 77.5 Å². The van der Waals surface area contributed by atoms with Gasteiger partial charge in [-0.05, 0) is 23.4 Å². The van der Waals surface area contributed by atoms with Crippen LogP contribution in [-0.2, 0) is 0 Å². The fraction of sp³-hybridized carbons (Fsp3) is 0.182. The van der Waals surface area contributed by atoms with Crippen LogP contribution in [0.5, 0.6) is 0 Å². The topological polar surface area (TPSA) is 35.8 Å². The summed E-state index contributed by atoms with van der Waals surface area (Å²) in [5.74, 6) is 0. The average Bonchev–Trinajstić information content (AvgIpc) is 2.19. The molecule has 1 aliphatic rings. The summed E-state index contributed by atoms with van der Waals surface area (Å²) < 4.78 is 0. The largest absolute Gasteiger partial charge is 0.383 e. The molecule has 1 unspecified atom stereocenters. The Hall–Kier alpha value is -1.75. The van der Waals surface area contributed by atoms with Crippen LogP contribution < -0.4 is 5.32 Å². The highest BCUT2D eigenvalue weighted by Crippen LogP contribution is 2.24. The van der Waals surface area contributed by atoms with Crippen molar-refractivity contribution in [2.75, 3.05) is 0 Å². The summed E-state index contributed by atoms with van der Waals surface area (Å²) in [6.07, 6.45) is 4.45. The lowest BCUT2D eigenvalue weighted by molar-refractivity contribution is 0.631. The van der Waals surface area contributed by atoms with Gasteiger partial charge in [-0.1, -0.05) is 24.3 Å². The van der Waals surface area contributed by atoms with Crippen LogP contribution in [0.1, 0.15) is 23.6 Å². The normalized spacial score (nSPS) is 18.5. The second kappa shape index (κ2) is 3.32. The number of nitriles is 1. The summed E-state index contributed by atoms with van der Waals surface area (Å²) in [5, 5.41) is 11.8. The number of fused-ring (bicyclic) bond motifs is 1. The zero-order valence-electron chi connectivity index (χ0n) is 7.20. The number of hydrogen-bond acceptors (Lipinski definition) is 2. The predicted octanol–water partition coefficient (Wildman–Crippen LogP) is 2.22. The molecule has 1 N–H and O–H groups in total. The quantitative estimate of drug-likeness (QED) is 0.701. The van der Waals surface area contributed by atoms with E-state index in [0.717, 1.165) is 0 Å². The van der Waals surface area contributed by atoms with Crippen molar-refractivity contribution >= 4 is 6.08 Å². The Balaban J connectivity index is 2.39. The minimum absolute atomic E-state index is 0.159. The lowest BCUT2D eigenvalue weighted by Gasteiger charge is -2.20. The zero-order valence-corrected chi connectivity index (χ0v) is 7.20. The molecule has 64 valence electrons. The van der Waals surface area contributed by atoms with Crippen molar-refractivity contribution in [3.05, 3.63) is 41.6 Å². The minimum atomic E-state index is 0.159. The summed E-state index contributed by atoms with van der Waals surface area (Å²) >= 11 is 0. The van der Waals surface area contributed by atoms with E-state index < -0.39 is 0 Å². The van der Waals surface area contributed by atoms with Crippen molar-refractivity contribution in [2.24, 2.45) is 0 Å². The number of nitrogens with one attached hydrogen (secondary N) is 1. The van der Waals surface area contributed by atoms with Gasteiger partial charge in [0.1, 0.15) is 0 Å². The lowest BCUT2D eigenvalue weighted by atomic mass is 9.96. The molecule has 0 saturated carbocycles. The van der Waals surface area contributed by atoms with E-state index in [-0.39, 0.29) is 6.04 Å². The Morgan fingerprint density at radius 1 is 1.38 bits per heavy atom. The van der Waals surface area contributed by atoms with Crippen LogP contribution in [0.2, 0.25) is 0 Å². The van der Waals surface area contributed by atoms with Crippen molar-refractivity contribution in [2.45, 2.75) is 12.5 Å². The third-order valence-electron chi connectivity index (χ3n) is 2.23. The highest BCUT2D eigenvalue weighted by Gasteiger charge is 2.14. The Bertz CT molecular complexity index is 374. The van der Waals surface area contributed by atoms with Crippen LogP contribution in [0.25, 0.3) is 6.08 Å². The number of rotatable bonds is 1. The van der Waals surface area contributed by atoms with Gasteiger partial charge in [0, 0.05) is 0 Å². The van der Waals surface area contributed by atoms with E-state index in [0.29, 0.717) is 6.42 Å². The molecule has 1 aliphatic heterocycles. The zero-order chi connectivity index (χ0) is 9.10. The molecule has 0 radical (unpaired) electrons. The van der Waals surface area contributed by atoms with E-state index in [1.165, 1.54) is 11.1 Å². The second-order valence-electron chi connectivity index (χ2n) is 3.04. The highest BCUT2D eigenvalue weighted by molar-refractivity contribution is 5.56. The molecule has 0 spiro atoms. The molecular weight excluding hydrogens is 160 g/mol. The van der Waals surface area contributed by atoms with Gasteiger partial charge >= 0.3 is 0 Å². The third kappa shape index (κ3) is 1.41. The maximum atomic E-state index is 8.63. The lowest BCUT2D eigenvalue weighted by Crippen LogP contribution is -2.18. The van der Waals surface area contributed by atoms with Crippen LogP contribution in [0.4, 0.5) is 0 Å². The van der Waals surface area contributed by atoms with Gasteiger partial charge in [0.2, 0.25) is 0 Å². The molecule has 1 aromatic rings. The van der Waals surface area contributed by atoms with Crippen LogP contribution in [0.15, 0.2) is 30.5 Å². The smallest absolute Gasteiger partial charge is 0.0647 e. The van der Waals surface area contributed by atoms with Crippen LogP contribution >= 0.6 is 0 Å². The van der Waals surface area contributed by atoms with Crippen LogP contribution in [0.3, 0.4) is 0 Å². The van der Waals surface area contributed by atoms with E-state index in [4.69, 9.17) is 5.26 Å². The van der Waals surface area contributed by atoms with Gasteiger partial charge < -0.3 is 5.32 Å². The average molecular weight is 170 g/mol. The molecule has 0 bridgehead atoms. The summed E-state index contributed by atoms with van der Waals surface area (Å²) in [4.78, 5) is 0. The summed E-state index contributed by atoms with van der Waals surface area (Å²) in [5.41, 5.74) is 2.42. The first-order valence-electron chi connectivity index (χ1n) is 4.30. The van der Waals surface area contributed by atoms with Gasteiger partial charge in [0.15, 0.2) is 0 Å². The molecular formula is C11H10N2. The molecule has 13 heavy (non-hydrogen) atoms. The molecule has 0 saturated heterocycles. The SMILES string of the molecule is N#CCC1NC=Cc2ccccc21. The number of benzene rings is 1. The Morgan fingerprint density at radius 2 is 2.23 bits per heavy atom.